The first kappa shape index (κ1) is 24.3. The summed E-state index contributed by atoms with van der Waals surface area (Å²) in [6.45, 7) is 0. The van der Waals surface area contributed by atoms with E-state index < -0.39 is 11.5 Å². The van der Waals surface area contributed by atoms with Gasteiger partial charge in [-0.1, -0.05) is 54.1 Å². The van der Waals surface area contributed by atoms with Crippen LogP contribution in [0.3, 0.4) is 0 Å². The minimum absolute atomic E-state index is 0.253. The van der Waals surface area contributed by atoms with E-state index in [1.165, 1.54) is 16.7 Å². The van der Waals surface area contributed by atoms with E-state index in [2.05, 4.69) is 52.8 Å². The van der Waals surface area contributed by atoms with Crippen molar-refractivity contribution in [2.24, 2.45) is 0 Å². The molecule has 5 nitrogen and oxygen atoms in total. The van der Waals surface area contributed by atoms with E-state index in [0.717, 1.165) is 17.0 Å². The molecular formula is C32H27ClN2O3. The number of nitrogens with one attached hydrogen (secondary N) is 1. The average Bonchev–Trinajstić information content (AvgIpc) is 3.25. The average molecular weight is 523 g/mol. The molecule has 3 aromatic carbocycles. The fourth-order valence-corrected chi connectivity index (χ4v) is 6.17. The zero-order valence-electron chi connectivity index (χ0n) is 20.7. The first-order chi connectivity index (χ1) is 18.5. The maximum atomic E-state index is 12.6. The standard InChI is InChI=1S/C32H27ClN2O3/c33-24-6-3-7-25(20-24)35-32(30(36)37)16-14-31(15-17-32)28-9-2-1-5-23(28)19-29(31)22-10-12-26(13-11-22)38-27-8-4-18-34-21-27/h1-13,18-21,35H,14-17H2,(H,36,37). The molecular weight excluding hydrogens is 496 g/mol. The summed E-state index contributed by atoms with van der Waals surface area (Å²) in [5, 5.41) is 14.3. The first-order valence-corrected chi connectivity index (χ1v) is 13.1. The Morgan fingerprint density at radius 3 is 2.39 bits per heavy atom. The highest BCUT2D eigenvalue weighted by Gasteiger charge is 2.51. The molecule has 1 saturated carbocycles. The highest BCUT2D eigenvalue weighted by atomic mass is 35.5. The molecule has 1 fully saturated rings. The topological polar surface area (TPSA) is 71.5 Å². The Labute approximate surface area is 226 Å². The summed E-state index contributed by atoms with van der Waals surface area (Å²) >= 11 is 6.18. The number of aliphatic carboxylic acids is 1. The van der Waals surface area contributed by atoms with Crippen molar-refractivity contribution >= 4 is 34.9 Å². The van der Waals surface area contributed by atoms with Gasteiger partial charge in [0, 0.05) is 22.3 Å². The number of hydrogen-bond acceptors (Lipinski definition) is 4. The first-order valence-electron chi connectivity index (χ1n) is 12.7. The second-order valence-corrected chi connectivity index (χ2v) is 10.5. The number of allylic oxidation sites excluding steroid dienone is 1. The molecule has 1 heterocycles. The van der Waals surface area contributed by atoms with Crippen LogP contribution in [0.25, 0.3) is 11.6 Å². The van der Waals surface area contributed by atoms with Gasteiger partial charge in [-0.05, 0) is 96.5 Å². The summed E-state index contributed by atoms with van der Waals surface area (Å²) in [6.07, 6.45) is 8.07. The van der Waals surface area contributed by atoms with Gasteiger partial charge in [-0.2, -0.15) is 0 Å². The maximum absolute atomic E-state index is 12.6. The van der Waals surface area contributed by atoms with Crippen LogP contribution in [-0.4, -0.2) is 21.6 Å². The Morgan fingerprint density at radius 2 is 1.68 bits per heavy atom. The lowest BCUT2D eigenvalue weighted by Crippen LogP contribution is -2.52. The summed E-state index contributed by atoms with van der Waals surface area (Å²) in [6, 6.07) is 27.6. The van der Waals surface area contributed by atoms with Gasteiger partial charge in [0.25, 0.3) is 0 Å². The Kier molecular flexibility index (Phi) is 6.16. The molecule has 2 aliphatic carbocycles. The van der Waals surface area contributed by atoms with Crippen LogP contribution in [-0.2, 0) is 10.2 Å². The monoisotopic (exact) mass is 522 g/mol. The number of carboxylic acids is 1. The molecule has 1 aromatic heterocycles. The summed E-state index contributed by atoms with van der Waals surface area (Å²) < 4.78 is 5.95. The van der Waals surface area contributed by atoms with E-state index in [4.69, 9.17) is 16.3 Å². The number of hydrogen-bond donors (Lipinski definition) is 2. The second-order valence-electron chi connectivity index (χ2n) is 10.1. The molecule has 2 aliphatic rings. The number of ether oxygens (including phenoxy) is 1. The van der Waals surface area contributed by atoms with Crippen LogP contribution in [0.1, 0.15) is 42.4 Å². The fourth-order valence-electron chi connectivity index (χ4n) is 5.98. The lowest BCUT2D eigenvalue weighted by atomic mass is 9.61. The van der Waals surface area contributed by atoms with Crippen molar-refractivity contribution in [3.63, 3.8) is 0 Å². The predicted molar refractivity (Wildman–Crippen MR) is 151 cm³/mol. The van der Waals surface area contributed by atoms with Gasteiger partial charge in [0.2, 0.25) is 0 Å². The van der Waals surface area contributed by atoms with Gasteiger partial charge in [-0.15, -0.1) is 0 Å². The zero-order valence-corrected chi connectivity index (χ0v) is 21.5. The number of pyridine rings is 1. The number of carboxylic acid groups (broad SMARTS) is 1. The molecule has 0 unspecified atom stereocenters. The minimum atomic E-state index is -1.06. The van der Waals surface area contributed by atoms with Crippen LogP contribution in [0, 0.1) is 0 Å². The number of aromatic nitrogens is 1. The van der Waals surface area contributed by atoms with Crippen LogP contribution in [0.15, 0.2) is 97.3 Å². The molecule has 0 atom stereocenters. The fraction of sp³-hybridized carbons (Fsp3) is 0.188. The third kappa shape index (κ3) is 4.33. The van der Waals surface area contributed by atoms with Gasteiger partial charge < -0.3 is 15.2 Å². The van der Waals surface area contributed by atoms with Gasteiger partial charge in [0.15, 0.2) is 0 Å². The van der Waals surface area contributed by atoms with Gasteiger partial charge in [0.1, 0.15) is 17.0 Å². The molecule has 4 aromatic rings. The van der Waals surface area contributed by atoms with Crippen molar-refractivity contribution in [1.82, 2.24) is 4.98 Å². The van der Waals surface area contributed by atoms with Crippen LogP contribution in [0.4, 0.5) is 5.69 Å². The Morgan fingerprint density at radius 1 is 0.895 bits per heavy atom. The van der Waals surface area contributed by atoms with Gasteiger partial charge in [-0.25, -0.2) is 4.79 Å². The molecule has 0 aliphatic heterocycles. The molecule has 0 radical (unpaired) electrons. The van der Waals surface area contributed by atoms with E-state index in [-0.39, 0.29) is 5.41 Å². The summed E-state index contributed by atoms with van der Waals surface area (Å²) in [5.74, 6) is 0.598. The van der Waals surface area contributed by atoms with E-state index in [1.807, 2.05) is 36.4 Å². The number of rotatable bonds is 6. The number of anilines is 1. The Hall–Kier alpha value is -4.09. The summed E-state index contributed by atoms with van der Waals surface area (Å²) in [7, 11) is 0. The van der Waals surface area contributed by atoms with Gasteiger partial charge in [-0.3, -0.25) is 4.98 Å². The van der Waals surface area contributed by atoms with Crippen LogP contribution >= 0.6 is 11.6 Å². The highest BCUT2D eigenvalue weighted by molar-refractivity contribution is 6.30. The van der Waals surface area contributed by atoms with E-state index >= 15 is 0 Å². The molecule has 38 heavy (non-hydrogen) atoms. The van der Waals surface area contributed by atoms with E-state index in [9.17, 15) is 9.90 Å². The summed E-state index contributed by atoms with van der Waals surface area (Å²) in [4.78, 5) is 16.7. The third-order valence-corrected chi connectivity index (χ3v) is 8.14. The number of benzene rings is 3. The normalized spacial score (nSPS) is 22.0. The molecule has 1 spiro atoms. The van der Waals surface area contributed by atoms with Crippen molar-refractivity contribution in [2.45, 2.75) is 36.6 Å². The van der Waals surface area contributed by atoms with Crippen molar-refractivity contribution in [3.05, 3.63) is 119 Å². The SMILES string of the molecule is O=C(O)C1(Nc2cccc(Cl)c2)CCC2(CC1)C(c1ccc(Oc3cccnc3)cc1)=Cc1ccccc12. The van der Waals surface area contributed by atoms with Crippen LogP contribution in [0.2, 0.25) is 5.02 Å². The minimum Gasteiger partial charge on any atom is -0.480 e. The Bertz CT molecular complexity index is 1510. The number of fused-ring (bicyclic) bond motifs is 2. The van der Waals surface area contributed by atoms with E-state index in [0.29, 0.717) is 36.5 Å². The molecule has 6 heteroatoms. The maximum Gasteiger partial charge on any atom is 0.329 e. The number of carbonyl (C=O) groups is 1. The highest BCUT2D eigenvalue weighted by Crippen LogP contribution is 2.56. The lowest BCUT2D eigenvalue weighted by molar-refractivity contribution is -0.143. The molecule has 0 amide bonds. The largest absolute Gasteiger partial charge is 0.480 e. The summed E-state index contributed by atoms with van der Waals surface area (Å²) in [5.41, 5.74) is 4.23. The van der Waals surface area contributed by atoms with Crippen molar-refractivity contribution in [3.8, 4) is 11.5 Å². The quantitative estimate of drug-likeness (QED) is 0.270. The van der Waals surface area contributed by atoms with Gasteiger partial charge >= 0.3 is 5.97 Å². The Balaban J connectivity index is 1.30. The number of halogens is 1. The molecule has 0 saturated heterocycles. The van der Waals surface area contributed by atoms with Crippen molar-refractivity contribution in [1.29, 1.82) is 0 Å². The molecule has 0 bridgehead atoms. The van der Waals surface area contributed by atoms with E-state index in [1.54, 1.807) is 24.5 Å². The molecule has 2 N–H and O–H groups in total. The lowest BCUT2D eigenvalue weighted by Gasteiger charge is -2.45. The van der Waals surface area contributed by atoms with Crippen molar-refractivity contribution < 1.29 is 14.6 Å². The van der Waals surface area contributed by atoms with Crippen molar-refractivity contribution in [2.75, 3.05) is 5.32 Å². The molecule has 190 valence electrons. The number of nitrogens with zero attached hydrogens (tertiary/aromatic N) is 1. The van der Waals surface area contributed by atoms with Crippen LogP contribution < -0.4 is 10.1 Å². The zero-order chi connectivity index (χ0) is 26.2. The predicted octanol–water partition coefficient (Wildman–Crippen LogP) is 7.83. The molecule has 6 rings (SSSR count). The van der Waals surface area contributed by atoms with Crippen LogP contribution in [0.5, 0.6) is 11.5 Å². The van der Waals surface area contributed by atoms with Gasteiger partial charge in [0.05, 0.1) is 6.20 Å². The smallest absolute Gasteiger partial charge is 0.329 e. The third-order valence-electron chi connectivity index (χ3n) is 7.90. The second kappa shape index (κ2) is 9.66.